The largest absolute Gasteiger partial charge is 0.377 e. The Morgan fingerprint density at radius 2 is 1.91 bits per heavy atom. The maximum absolute atomic E-state index is 13.5. The Morgan fingerprint density at radius 1 is 1.12 bits per heavy atom. The van der Waals surface area contributed by atoms with E-state index in [1.54, 1.807) is 11.9 Å². The summed E-state index contributed by atoms with van der Waals surface area (Å²) in [6, 6.07) is 15.0. The van der Waals surface area contributed by atoms with Gasteiger partial charge >= 0.3 is 0 Å². The SMILES string of the molecule is CCCCC1=NC2(CCCC2)C(=O)N1Cc1ccc(-c2ccccc2SNC)c(COCC)c1. The zero-order chi connectivity index (χ0) is 24.0. The maximum atomic E-state index is 13.5. The van der Waals surface area contributed by atoms with Crippen LogP contribution in [0.2, 0.25) is 0 Å². The smallest absolute Gasteiger partial charge is 0.256 e. The Hall–Kier alpha value is -2.15. The van der Waals surface area contributed by atoms with Crippen molar-refractivity contribution in [1.29, 1.82) is 0 Å². The summed E-state index contributed by atoms with van der Waals surface area (Å²) in [5.74, 6) is 1.20. The molecule has 4 rings (SSSR count). The minimum absolute atomic E-state index is 0.210. The molecule has 2 aromatic rings. The lowest BCUT2D eigenvalue weighted by Gasteiger charge is -2.23. The standard InChI is InChI=1S/C28H37N3O2S/c1-4-6-13-26-30-28(16-9-10-17-28)27(32)31(26)19-21-14-15-23(22(18-21)20-33-5-2)24-11-7-8-12-25(24)34-29-3/h7-8,11-12,14-15,18,29H,4-6,9-10,13,16-17,19-20H2,1-3H3. The molecule has 34 heavy (non-hydrogen) atoms. The van der Waals surface area contributed by atoms with Gasteiger partial charge in [-0.05, 0) is 73.5 Å². The van der Waals surface area contributed by atoms with Crippen molar-refractivity contribution in [3.8, 4) is 11.1 Å². The number of aliphatic imine (C=N–C) groups is 1. The Bertz CT molecular complexity index is 1030. The van der Waals surface area contributed by atoms with Gasteiger partial charge in [0.1, 0.15) is 11.4 Å². The molecule has 6 heteroatoms. The zero-order valence-corrected chi connectivity index (χ0v) is 21.5. The number of carbonyl (C=O) groups is 1. The topological polar surface area (TPSA) is 53.9 Å². The zero-order valence-electron chi connectivity index (χ0n) is 20.7. The highest BCUT2D eigenvalue weighted by atomic mass is 32.2. The van der Waals surface area contributed by atoms with Crippen molar-refractivity contribution in [2.75, 3.05) is 13.7 Å². The van der Waals surface area contributed by atoms with Crippen molar-refractivity contribution in [1.82, 2.24) is 9.62 Å². The van der Waals surface area contributed by atoms with Gasteiger partial charge in [-0.15, -0.1) is 0 Å². The quantitative estimate of drug-likeness (QED) is 0.381. The van der Waals surface area contributed by atoms with Gasteiger partial charge in [0.05, 0.1) is 13.2 Å². The van der Waals surface area contributed by atoms with Crippen molar-refractivity contribution in [2.24, 2.45) is 4.99 Å². The van der Waals surface area contributed by atoms with Crippen LogP contribution in [0.15, 0.2) is 52.4 Å². The van der Waals surface area contributed by atoms with Crippen LogP contribution in [0.3, 0.4) is 0 Å². The third-order valence-electron chi connectivity index (χ3n) is 6.84. The van der Waals surface area contributed by atoms with E-state index in [0.717, 1.165) is 61.9 Å². The summed E-state index contributed by atoms with van der Waals surface area (Å²) in [5.41, 5.74) is 4.16. The highest BCUT2D eigenvalue weighted by Crippen LogP contribution is 2.40. The van der Waals surface area contributed by atoms with E-state index in [1.807, 2.05) is 18.9 Å². The average Bonchev–Trinajstić information content (AvgIpc) is 3.43. The number of ether oxygens (including phenoxy) is 1. The molecule has 0 bridgehead atoms. The molecule has 1 heterocycles. The molecule has 2 aromatic carbocycles. The lowest BCUT2D eigenvalue weighted by molar-refractivity contribution is -0.131. The van der Waals surface area contributed by atoms with E-state index < -0.39 is 5.54 Å². The fourth-order valence-corrected chi connectivity index (χ4v) is 5.76. The first-order chi connectivity index (χ1) is 16.6. The number of nitrogens with one attached hydrogen (secondary N) is 1. The van der Waals surface area contributed by atoms with Gasteiger partial charge in [-0.3, -0.25) is 19.4 Å². The fraction of sp³-hybridized carbons (Fsp3) is 0.500. The average molecular weight is 480 g/mol. The normalized spacial score (nSPS) is 17.1. The van der Waals surface area contributed by atoms with Crippen molar-refractivity contribution >= 4 is 23.7 Å². The summed E-state index contributed by atoms with van der Waals surface area (Å²) in [6.45, 7) is 6.00. The van der Waals surface area contributed by atoms with Crippen LogP contribution in [0.4, 0.5) is 0 Å². The molecule has 0 unspecified atom stereocenters. The fourth-order valence-electron chi connectivity index (χ4n) is 5.11. The second-order valence-electron chi connectivity index (χ2n) is 9.19. The Balaban J connectivity index is 1.64. The van der Waals surface area contributed by atoms with Gasteiger partial charge in [0, 0.05) is 17.9 Å². The van der Waals surface area contributed by atoms with Gasteiger partial charge in [0.2, 0.25) is 0 Å². The molecule has 2 aliphatic rings. The number of hydrogen-bond acceptors (Lipinski definition) is 5. The first kappa shape index (κ1) is 25.0. The van der Waals surface area contributed by atoms with Gasteiger partial charge in [-0.2, -0.15) is 0 Å². The second-order valence-corrected chi connectivity index (χ2v) is 10.2. The molecule has 0 atom stereocenters. The Kier molecular flexibility index (Phi) is 8.46. The van der Waals surface area contributed by atoms with Gasteiger partial charge in [-0.25, -0.2) is 0 Å². The first-order valence-electron chi connectivity index (χ1n) is 12.6. The van der Waals surface area contributed by atoms with Crippen LogP contribution in [-0.4, -0.2) is 35.8 Å². The van der Waals surface area contributed by atoms with Gasteiger partial charge < -0.3 is 4.74 Å². The van der Waals surface area contributed by atoms with Crippen molar-refractivity contribution in [3.63, 3.8) is 0 Å². The van der Waals surface area contributed by atoms with E-state index >= 15 is 0 Å². The lowest BCUT2D eigenvalue weighted by Crippen LogP contribution is -2.40. The summed E-state index contributed by atoms with van der Waals surface area (Å²) < 4.78 is 9.05. The predicted molar refractivity (Wildman–Crippen MR) is 141 cm³/mol. The summed E-state index contributed by atoms with van der Waals surface area (Å²) in [4.78, 5) is 21.7. The summed E-state index contributed by atoms with van der Waals surface area (Å²) in [5, 5.41) is 0. The van der Waals surface area contributed by atoms with Gasteiger partial charge in [0.15, 0.2) is 0 Å². The number of benzene rings is 2. The lowest BCUT2D eigenvalue weighted by atomic mass is 9.96. The molecule has 0 aromatic heterocycles. The van der Waals surface area contributed by atoms with Crippen LogP contribution < -0.4 is 4.72 Å². The molecule has 1 aliphatic heterocycles. The molecule has 182 valence electrons. The molecule has 1 spiro atoms. The molecular formula is C28H37N3O2S. The van der Waals surface area contributed by atoms with E-state index in [9.17, 15) is 4.79 Å². The van der Waals surface area contributed by atoms with E-state index in [2.05, 4.69) is 54.1 Å². The van der Waals surface area contributed by atoms with E-state index in [-0.39, 0.29) is 5.91 Å². The molecular weight excluding hydrogens is 442 g/mol. The molecule has 1 amide bonds. The number of amidine groups is 1. The van der Waals surface area contributed by atoms with Crippen LogP contribution in [-0.2, 0) is 22.7 Å². The summed E-state index contributed by atoms with van der Waals surface area (Å²) in [6.07, 6.45) is 7.03. The minimum Gasteiger partial charge on any atom is -0.377 e. The Morgan fingerprint density at radius 3 is 2.65 bits per heavy atom. The molecule has 1 saturated carbocycles. The Labute approximate surface area is 208 Å². The summed E-state index contributed by atoms with van der Waals surface area (Å²) in [7, 11) is 1.94. The van der Waals surface area contributed by atoms with Crippen LogP contribution in [0.5, 0.6) is 0 Å². The van der Waals surface area contributed by atoms with Crippen LogP contribution >= 0.6 is 11.9 Å². The van der Waals surface area contributed by atoms with E-state index in [4.69, 9.17) is 9.73 Å². The number of nitrogens with zero attached hydrogens (tertiary/aromatic N) is 2. The minimum atomic E-state index is -0.486. The molecule has 0 radical (unpaired) electrons. The van der Waals surface area contributed by atoms with Crippen molar-refractivity contribution in [2.45, 2.75) is 82.4 Å². The molecule has 1 N–H and O–H groups in total. The van der Waals surface area contributed by atoms with Gasteiger partial charge in [-0.1, -0.05) is 62.6 Å². The third-order valence-corrected chi connectivity index (χ3v) is 7.62. The van der Waals surface area contributed by atoms with Crippen LogP contribution in [0, 0.1) is 0 Å². The monoisotopic (exact) mass is 479 g/mol. The molecule has 0 saturated heterocycles. The number of amides is 1. The number of carbonyl (C=O) groups excluding carboxylic acids is 1. The van der Waals surface area contributed by atoms with E-state index in [1.165, 1.54) is 16.0 Å². The highest BCUT2D eigenvalue weighted by Gasteiger charge is 2.49. The predicted octanol–water partition coefficient (Wildman–Crippen LogP) is 6.36. The van der Waals surface area contributed by atoms with Crippen molar-refractivity contribution < 1.29 is 9.53 Å². The number of rotatable bonds is 11. The van der Waals surface area contributed by atoms with Crippen LogP contribution in [0.25, 0.3) is 11.1 Å². The van der Waals surface area contributed by atoms with Crippen LogP contribution in [0.1, 0.15) is 69.9 Å². The molecule has 1 fully saturated rings. The molecule has 1 aliphatic carbocycles. The molecule has 5 nitrogen and oxygen atoms in total. The van der Waals surface area contributed by atoms with E-state index in [0.29, 0.717) is 19.8 Å². The number of hydrogen-bond donors (Lipinski definition) is 1. The second kappa shape index (κ2) is 11.5. The highest BCUT2D eigenvalue weighted by molar-refractivity contribution is 7.97. The number of unbranched alkanes of at least 4 members (excludes halogenated alkanes) is 1. The van der Waals surface area contributed by atoms with Crippen molar-refractivity contribution in [3.05, 3.63) is 53.6 Å². The summed E-state index contributed by atoms with van der Waals surface area (Å²) >= 11 is 1.62. The third kappa shape index (κ3) is 5.24. The maximum Gasteiger partial charge on any atom is 0.256 e. The first-order valence-corrected chi connectivity index (χ1v) is 13.5. The van der Waals surface area contributed by atoms with Gasteiger partial charge in [0.25, 0.3) is 5.91 Å².